The molecule has 0 saturated heterocycles. The van der Waals surface area contributed by atoms with Crippen LogP contribution >= 0.6 is 11.3 Å². The van der Waals surface area contributed by atoms with Gasteiger partial charge >= 0.3 is 0 Å². The molecule has 102 valence electrons. The molecule has 0 bridgehead atoms. The van der Waals surface area contributed by atoms with E-state index < -0.39 is 0 Å². The van der Waals surface area contributed by atoms with Crippen LogP contribution in [0.3, 0.4) is 0 Å². The van der Waals surface area contributed by atoms with Crippen LogP contribution in [0.2, 0.25) is 0 Å². The number of primary amides is 1. The average Bonchev–Trinajstić information content (AvgIpc) is 2.95. The minimum atomic E-state index is -0.334. The summed E-state index contributed by atoms with van der Waals surface area (Å²) in [6.07, 6.45) is 2.25. The smallest absolute Gasteiger partial charge is 0.251 e. The predicted octanol–water partition coefficient (Wildman–Crippen LogP) is 3.73. The van der Waals surface area contributed by atoms with Crippen LogP contribution in [0.25, 0.3) is 10.4 Å². The van der Waals surface area contributed by atoms with Crippen molar-refractivity contribution >= 4 is 17.2 Å². The van der Waals surface area contributed by atoms with Crippen LogP contribution in [0.5, 0.6) is 0 Å². The molecule has 0 saturated carbocycles. The van der Waals surface area contributed by atoms with E-state index in [1.807, 2.05) is 24.4 Å². The van der Waals surface area contributed by atoms with Gasteiger partial charge in [-0.15, -0.1) is 11.3 Å². The largest absolute Gasteiger partial charge is 0.366 e. The number of hydrogen-bond acceptors (Lipinski definition) is 2. The van der Waals surface area contributed by atoms with Crippen LogP contribution in [-0.2, 0) is 6.54 Å². The molecule has 0 atom stereocenters. The van der Waals surface area contributed by atoms with Crippen molar-refractivity contribution in [1.29, 1.82) is 0 Å². The first kappa shape index (κ1) is 13.9. The fraction of sp³-hybridized carbons (Fsp3) is 0.400. The highest BCUT2D eigenvalue weighted by molar-refractivity contribution is 7.13. The van der Waals surface area contributed by atoms with E-state index in [1.54, 1.807) is 11.3 Å². The second kappa shape index (κ2) is 5.61. The Balaban J connectivity index is 2.61. The molecule has 0 aliphatic rings. The Morgan fingerprint density at radius 3 is 2.63 bits per heavy atom. The van der Waals surface area contributed by atoms with Gasteiger partial charge in [0.05, 0.1) is 5.56 Å². The molecule has 2 rings (SSSR count). The first-order valence-electron chi connectivity index (χ1n) is 6.61. The topological polar surface area (TPSA) is 48.0 Å². The van der Waals surface area contributed by atoms with Crippen molar-refractivity contribution in [1.82, 2.24) is 4.57 Å². The molecule has 2 N–H and O–H groups in total. The van der Waals surface area contributed by atoms with Crippen molar-refractivity contribution in [2.45, 2.75) is 40.2 Å². The van der Waals surface area contributed by atoms with Crippen LogP contribution in [0.15, 0.2) is 17.5 Å². The van der Waals surface area contributed by atoms with Gasteiger partial charge in [-0.05, 0) is 31.7 Å². The maximum atomic E-state index is 11.8. The Labute approximate surface area is 118 Å². The lowest BCUT2D eigenvalue weighted by atomic mass is 10.1. The number of nitrogens with two attached hydrogens (primary N) is 1. The van der Waals surface area contributed by atoms with Gasteiger partial charge in [-0.25, -0.2) is 0 Å². The van der Waals surface area contributed by atoms with Crippen molar-refractivity contribution in [3.05, 3.63) is 34.5 Å². The highest BCUT2D eigenvalue weighted by Gasteiger charge is 2.22. The quantitative estimate of drug-likeness (QED) is 0.888. The van der Waals surface area contributed by atoms with Crippen molar-refractivity contribution < 1.29 is 4.79 Å². The van der Waals surface area contributed by atoms with Gasteiger partial charge in [0.15, 0.2) is 0 Å². The number of hydrogen-bond donors (Lipinski definition) is 1. The second-order valence-electron chi connectivity index (χ2n) is 4.77. The lowest BCUT2D eigenvalue weighted by Gasteiger charge is -2.08. The fourth-order valence-corrected chi connectivity index (χ4v) is 3.39. The van der Waals surface area contributed by atoms with Gasteiger partial charge in [-0.2, -0.15) is 0 Å². The summed E-state index contributed by atoms with van der Waals surface area (Å²) in [4.78, 5) is 12.9. The average molecular weight is 276 g/mol. The standard InChI is InChI=1S/C15H20N2OS/c1-4-5-8-17-10(2)13(12-7-6-9-19-12)14(11(17)3)15(16)18/h6-7,9H,4-5,8H2,1-3H3,(H2,16,18). The highest BCUT2D eigenvalue weighted by atomic mass is 32.1. The summed E-state index contributed by atoms with van der Waals surface area (Å²) in [7, 11) is 0. The number of unbranched alkanes of at least 4 members (excludes halogenated alkanes) is 1. The lowest BCUT2D eigenvalue weighted by Crippen LogP contribution is -2.13. The molecule has 0 radical (unpaired) electrons. The molecule has 19 heavy (non-hydrogen) atoms. The molecule has 0 aliphatic heterocycles. The van der Waals surface area contributed by atoms with E-state index in [1.165, 1.54) is 0 Å². The molecule has 3 nitrogen and oxygen atoms in total. The summed E-state index contributed by atoms with van der Waals surface area (Å²) in [6.45, 7) is 7.17. The van der Waals surface area contributed by atoms with E-state index in [0.29, 0.717) is 5.56 Å². The molecule has 0 spiro atoms. The zero-order chi connectivity index (χ0) is 14.0. The molecule has 0 aliphatic carbocycles. The van der Waals surface area contributed by atoms with E-state index in [4.69, 9.17) is 5.73 Å². The normalized spacial score (nSPS) is 10.9. The molecule has 1 amide bonds. The maximum absolute atomic E-state index is 11.8. The van der Waals surface area contributed by atoms with E-state index in [2.05, 4.69) is 18.4 Å². The highest BCUT2D eigenvalue weighted by Crippen LogP contribution is 2.35. The van der Waals surface area contributed by atoms with Crippen LogP contribution in [0.4, 0.5) is 0 Å². The van der Waals surface area contributed by atoms with Crippen molar-refractivity contribution in [3.8, 4) is 10.4 Å². The Kier molecular flexibility index (Phi) is 4.10. The number of thiophene rings is 1. The van der Waals surface area contributed by atoms with E-state index in [0.717, 1.165) is 41.2 Å². The molecular formula is C15H20N2OS. The predicted molar refractivity (Wildman–Crippen MR) is 80.6 cm³/mol. The van der Waals surface area contributed by atoms with E-state index >= 15 is 0 Å². The number of nitrogens with zero attached hydrogens (tertiary/aromatic N) is 1. The molecule has 2 aromatic rings. The maximum Gasteiger partial charge on any atom is 0.251 e. The number of amides is 1. The van der Waals surface area contributed by atoms with Gasteiger partial charge in [0.1, 0.15) is 0 Å². The number of carbonyl (C=O) groups is 1. The Hall–Kier alpha value is -1.55. The van der Waals surface area contributed by atoms with Crippen molar-refractivity contribution in [2.24, 2.45) is 5.73 Å². The van der Waals surface area contributed by atoms with Gasteiger partial charge in [0.25, 0.3) is 5.91 Å². The molecule has 4 heteroatoms. The Morgan fingerprint density at radius 1 is 1.37 bits per heavy atom. The Morgan fingerprint density at radius 2 is 2.11 bits per heavy atom. The number of rotatable bonds is 5. The molecule has 2 aromatic heterocycles. The summed E-state index contributed by atoms with van der Waals surface area (Å²) in [5.41, 5.74) is 9.40. The summed E-state index contributed by atoms with van der Waals surface area (Å²) in [5.74, 6) is -0.334. The van der Waals surface area contributed by atoms with E-state index in [-0.39, 0.29) is 5.91 Å². The summed E-state index contributed by atoms with van der Waals surface area (Å²) in [5, 5.41) is 2.03. The summed E-state index contributed by atoms with van der Waals surface area (Å²) < 4.78 is 2.22. The van der Waals surface area contributed by atoms with Gasteiger partial charge in [-0.3, -0.25) is 4.79 Å². The number of carbonyl (C=O) groups excluding carboxylic acids is 1. The molecule has 2 heterocycles. The molecular weight excluding hydrogens is 256 g/mol. The minimum absolute atomic E-state index is 0.334. The van der Waals surface area contributed by atoms with Gasteiger partial charge in [-0.1, -0.05) is 19.4 Å². The first-order valence-corrected chi connectivity index (χ1v) is 7.49. The third-order valence-electron chi connectivity index (χ3n) is 3.53. The monoisotopic (exact) mass is 276 g/mol. The Bertz CT molecular complexity index is 582. The van der Waals surface area contributed by atoms with Gasteiger partial charge in [0.2, 0.25) is 0 Å². The molecule has 0 fully saturated rings. The van der Waals surface area contributed by atoms with Crippen molar-refractivity contribution in [3.63, 3.8) is 0 Å². The van der Waals surface area contributed by atoms with Crippen molar-refractivity contribution in [2.75, 3.05) is 0 Å². The third-order valence-corrected chi connectivity index (χ3v) is 4.42. The zero-order valence-corrected chi connectivity index (χ0v) is 12.5. The first-order chi connectivity index (χ1) is 9.07. The van der Waals surface area contributed by atoms with Crippen LogP contribution in [-0.4, -0.2) is 10.5 Å². The van der Waals surface area contributed by atoms with E-state index in [9.17, 15) is 4.79 Å². The van der Waals surface area contributed by atoms with Crippen LogP contribution in [0, 0.1) is 13.8 Å². The summed E-state index contributed by atoms with van der Waals surface area (Å²) in [6, 6.07) is 4.05. The SMILES string of the molecule is CCCCn1c(C)c(C(N)=O)c(-c2cccs2)c1C. The van der Waals surface area contributed by atoms with Gasteiger partial charge in [0, 0.05) is 28.4 Å². The van der Waals surface area contributed by atoms with Crippen LogP contribution < -0.4 is 5.73 Å². The molecule has 0 aromatic carbocycles. The number of aromatic nitrogens is 1. The fourth-order valence-electron chi connectivity index (χ4n) is 2.56. The summed E-state index contributed by atoms with van der Waals surface area (Å²) >= 11 is 1.65. The second-order valence-corrected chi connectivity index (χ2v) is 5.72. The van der Waals surface area contributed by atoms with Crippen LogP contribution in [0.1, 0.15) is 41.5 Å². The third kappa shape index (κ3) is 2.45. The lowest BCUT2D eigenvalue weighted by molar-refractivity contribution is 0.1000. The zero-order valence-electron chi connectivity index (χ0n) is 11.7. The minimum Gasteiger partial charge on any atom is -0.366 e. The molecule has 0 unspecified atom stereocenters. The van der Waals surface area contributed by atoms with Gasteiger partial charge < -0.3 is 10.3 Å².